The molecule has 3 N–H and O–H groups in total. The van der Waals surface area contributed by atoms with E-state index in [1.807, 2.05) is 0 Å². The number of rotatable bonds is 5. The van der Waals surface area contributed by atoms with E-state index < -0.39 is 16.0 Å². The average Bonchev–Trinajstić information content (AvgIpc) is 3.09. The van der Waals surface area contributed by atoms with Gasteiger partial charge in [-0.25, -0.2) is 13.2 Å². The van der Waals surface area contributed by atoms with Gasteiger partial charge in [0.1, 0.15) is 10.6 Å². The molecule has 3 rings (SSSR count). The number of halogens is 1. The first-order valence-corrected chi connectivity index (χ1v) is 9.87. The van der Waals surface area contributed by atoms with Gasteiger partial charge in [0.2, 0.25) is 0 Å². The van der Waals surface area contributed by atoms with Crippen LogP contribution in [-0.4, -0.2) is 39.4 Å². The molecule has 146 valence electrons. The first-order chi connectivity index (χ1) is 13.2. The quantitative estimate of drug-likeness (QED) is 0.547. The smallest absolute Gasteiger partial charge is 0.339 e. The number of esters is 1. The number of hydrogen-bond acceptors (Lipinski definition) is 5. The summed E-state index contributed by atoms with van der Waals surface area (Å²) in [5.74, 6) is -1.09. The summed E-state index contributed by atoms with van der Waals surface area (Å²) >= 11 is 5.91. The number of anilines is 1. The molecule has 0 fully saturated rings. The number of nitrogens with one attached hydrogen (secondary N) is 3. The summed E-state index contributed by atoms with van der Waals surface area (Å²) in [5.41, 5.74) is 1.13. The Morgan fingerprint density at radius 3 is 2.54 bits per heavy atom. The minimum atomic E-state index is -4.13. The minimum absolute atomic E-state index is 0.135. The van der Waals surface area contributed by atoms with Crippen LogP contribution in [0.4, 0.5) is 5.69 Å². The molecule has 0 unspecified atom stereocenters. The monoisotopic (exact) mass is 421 g/mol. The Morgan fingerprint density at radius 2 is 1.86 bits per heavy atom. The van der Waals surface area contributed by atoms with Gasteiger partial charge in [-0.3, -0.25) is 9.52 Å². The van der Waals surface area contributed by atoms with Crippen LogP contribution in [0.3, 0.4) is 0 Å². The molecule has 28 heavy (non-hydrogen) atoms. The summed E-state index contributed by atoms with van der Waals surface area (Å²) in [6.45, 7) is 0. The lowest BCUT2D eigenvalue weighted by Gasteiger charge is -2.12. The molecule has 10 heteroatoms. The van der Waals surface area contributed by atoms with E-state index in [0.29, 0.717) is 16.6 Å². The predicted molar refractivity (Wildman–Crippen MR) is 105 cm³/mol. The molecule has 0 saturated heterocycles. The highest BCUT2D eigenvalue weighted by atomic mass is 35.5. The van der Waals surface area contributed by atoms with Crippen molar-refractivity contribution in [3.63, 3.8) is 0 Å². The minimum Gasteiger partial charge on any atom is -0.465 e. The largest absolute Gasteiger partial charge is 0.465 e. The van der Waals surface area contributed by atoms with Crippen molar-refractivity contribution in [2.24, 2.45) is 0 Å². The molecular formula is C18H16ClN3O5S. The number of aromatic amines is 1. The first-order valence-electron chi connectivity index (χ1n) is 8.00. The van der Waals surface area contributed by atoms with Crippen molar-refractivity contribution in [3.8, 4) is 0 Å². The van der Waals surface area contributed by atoms with Crippen LogP contribution >= 0.6 is 11.6 Å². The Morgan fingerprint density at radius 1 is 1.11 bits per heavy atom. The Bertz CT molecular complexity index is 1190. The van der Waals surface area contributed by atoms with Crippen LogP contribution < -0.4 is 10.0 Å². The van der Waals surface area contributed by atoms with Gasteiger partial charge in [0.25, 0.3) is 15.9 Å². The molecule has 0 aliphatic heterocycles. The fraction of sp³-hybridized carbons (Fsp3) is 0.111. The van der Waals surface area contributed by atoms with Gasteiger partial charge in [0.05, 0.1) is 12.7 Å². The van der Waals surface area contributed by atoms with Gasteiger partial charge in [-0.2, -0.15) is 0 Å². The predicted octanol–water partition coefficient (Wildman–Crippen LogP) is 2.77. The molecule has 1 aromatic heterocycles. The number of carbonyl (C=O) groups is 2. The molecule has 1 heterocycles. The van der Waals surface area contributed by atoms with E-state index >= 15 is 0 Å². The number of methoxy groups -OCH3 is 1. The second-order valence-corrected chi connectivity index (χ2v) is 7.89. The first kappa shape index (κ1) is 19.7. The summed E-state index contributed by atoms with van der Waals surface area (Å²) in [5, 5.41) is 3.30. The molecule has 0 radical (unpaired) electrons. The molecular weight excluding hydrogens is 406 g/mol. The van der Waals surface area contributed by atoms with Crippen LogP contribution in [0.1, 0.15) is 20.8 Å². The zero-order valence-corrected chi connectivity index (χ0v) is 16.4. The summed E-state index contributed by atoms with van der Waals surface area (Å²) in [6, 6.07) is 10.2. The molecule has 0 saturated carbocycles. The van der Waals surface area contributed by atoms with Crippen molar-refractivity contribution >= 4 is 50.1 Å². The van der Waals surface area contributed by atoms with Gasteiger partial charge in [-0.1, -0.05) is 11.6 Å². The van der Waals surface area contributed by atoms with Crippen LogP contribution in [0, 0.1) is 0 Å². The van der Waals surface area contributed by atoms with E-state index in [2.05, 4.69) is 19.8 Å². The summed E-state index contributed by atoms with van der Waals surface area (Å²) < 4.78 is 32.7. The van der Waals surface area contributed by atoms with Gasteiger partial charge in [-0.05, 0) is 42.5 Å². The zero-order chi connectivity index (χ0) is 20.5. The number of hydrogen-bond donors (Lipinski definition) is 3. The molecule has 0 aliphatic carbocycles. The van der Waals surface area contributed by atoms with Crippen molar-refractivity contribution in [3.05, 3.63) is 58.7 Å². The molecule has 3 aromatic rings. The van der Waals surface area contributed by atoms with E-state index in [1.165, 1.54) is 31.3 Å². The van der Waals surface area contributed by atoms with Crippen LogP contribution in [0.2, 0.25) is 5.02 Å². The van der Waals surface area contributed by atoms with E-state index in [0.717, 1.165) is 7.11 Å². The number of benzene rings is 2. The normalized spacial score (nSPS) is 11.2. The number of amides is 1. The zero-order valence-electron chi connectivity index (χ0n) is 14.9. The van der Waals surface area contributed by atoms with Crippen molar-refractivity contribution < 1.29 is 22.7 Å². The van der Waals surface area contributed by atoms with Gasteiger partial charge in [0, 0.05) is 28.7 Å². The van der Waals surface area contributed by atoms with Crippen LogP contribution in [0.5, 0.6) is 0 Å². The van der Waals surface area contributed by atoms with Gasteiger partial charge in [-0.15, -0.1) is 0 Å². The molecule has 0 atom stereocenters. The Labute approximate surface area is 165 Å². The van der Waals surface area contributed by atoms with Crippen LogP contribution in [0.25, 0.3) is 10.9 Å². The van der Waals surface area contributed by atoms with Crippen molar-refractivity contribution in [2.75, 3.05) is 18.9 Å². The second-order valence-electron chi connectivity index (χ2n) is 5.80. The number of carbonyl (C=O) groups excluding carboxylic acids is 2. The lowest BCUT2D eigenvalue weighted by atomic mass is 10.2. The van der Waals surface area contributed by atoms with E-state index in [9.17, 15) is 18.0 Å². The second kappa shape index (κ2) is 7.53. The van der Waals surface area contributed by atoms with Crippen molar-refractivity contribution in [1.29, 1.82) is 0 Å². The highest BCUT2D eigenvalue weighted by molar-refractivity contribution is 7.92. The highest BCUT2D eigenvalue weighted by Gasteiger charge is 2.24. The maximum atomic E-state index is 12.8. The number of aromatic nitrogens is 1. The number of H-pyrrole nitrogens is 1. The third kappa shape index (κ3) is 3.80. The van der Waals surface area contributed by atoms with Crippen LogP contribution in [0.15, 0.2) is 47.4 Å². The Kier molecular flexibility index (Phi) is 5.30. The number of fused-ring (bicyclic) bond motifs is 1. The molecule has 1 amide bonds. The average molecular weight is 422 g/mol. The highest BCUT2D eigenvalue weighted by Crippen LogP contribution is 2.26. The SMILES string of the molecule is CNC(=O)c1cc2cc(NS(=O)(=O)c3cc(Cl)ccc3C(=O)OC)ccc2[nH]1. The van der Waals surface area contributed by atoms with Gasteiger partial charge < -0.3 is 15.0 Å². The number of sulfonamides is 1. The molecule has 8 nitrogen and oxygen atoms in total. The Balaban J connectivity index is 2.00. The van der Waals surface area contributed by atoms with Crippen molar-refractivity contribution in [2.45, 2.75) is 4.90 Å². The molecule has 0 bridgehead atoms. The van der Waals surface area contributed by atoms with Gasteiger partial charge in [0.15, 0.2) is 0 Å². The Hall–Kier alpha value is -3.04. The fourth-order valence-electron chi connectivity index (χ4n) is 2.66. The van der Waals surface area contributed by atoms with E-state index in [1.54, 1.807) is 18.2 Å². The molecule has 0 spiro atoms. The fourth-order valence-corrected chi connectivity index (χ4v) is 4.17. The van der Waals surface area contributed by atoms with Gasteiger partial charge >= 0.3 is 5.97 Å². The lowest BCUT2D eigenvalue weighted by Crippen LogP contribution is -2.17. The summed E-state index contributed by atoms with van der Waals surface area (Å²) in [7, 11) is -1.46. The third-order valence-corrected chi connectivity index (χ3v) is 5.64. The topological polar surface area (TPSA) is 117 Å². The number of ether oxygens (including phenoxy) is 1. The van der Waals surface area contributed by atoms with Crippen LogP contribution in [-0.2, 0) is 14.8 Å². The van der Waals surface area contributed by atoms with E-state index in [-0.39, 0.29) is 27.1 Å². The maximum Gasteiger partial charge on any atom is 0.339 e. The van der Waals surface area contributed by atoms with E-state index in [4.69, 9.17) is 11.6 Å². The molecule has 0 aliphatic rings. The third-order valence-electron chi connectivity index (χ3n) is 3.98. The standard InChI is InChI=1S/C18H16ClN3O5S/c1-20-17(23)15-8-10-7-12(4-6-14(10)21-15)22-28(25,26)16-9-11(19)3-5-13(16)18(24)27-2/h3-9,21-22H,1-2H3,(H,20,23). The summed E-state index contributed by atoms with van der Waals surface area (Å²) in [6.07, 6.45) is 0. The summed E-state index contributed by atoms with van der Waals surface area (Å²) in [4.78, 5) is 26.3. The van der Waals surface area contributed by atoms with Crippen molar-refractivity contribution in [1.82, 2.24) is 10.3 Å². The molecule has 2 aromatic carbocycles. The maximum absolute atomic E-state index is 12.8. The lowest BCUT2D eigenvalue weighted by molar-refractivity contribution is 0.0596.